The van der Waals surface area contributed by atoms with E-state index in [1.165, 1.54) is 6.92 Å². The molecule has 11 heteroatoms. The molecule has 0 heterocycles. The first kappa shape index (κ1) is 26.8. The summed E-state index contributed by atoms with van der Waals surface area (Å²) in [6.45, 7) is 7.51. The highest BCUT2D eigenvalue weighted by Gasteiger charge is 2.33. The number of nitrogens with two attached hydrogens (primary N) is 1. The van der Waals surface area contributed by atoms with Crippen LogP contribution in [0.5, 0.6) is 0 Å². The number of aliphatic hydroxyl groups is 2. The molecular formula is C18H34N4O7. The number of rotatable bonds is 12. The van der Waals surface area contributed by atoms with E-state index >= 15 is 0 Å². The average molecular weight is 418 g/mol. The third kappa shape index (κ3) is 9.20. The topological polar surface area (TPSA) is 191 Å². The van der Waals surface area contributed by atoms with Gasteiger partial charge in [0, 0.05) is 0 Å². The molecule has 5 atom stereocenters. The van der Waals surface area contributed by atoms with Gasteiger partial charge in [0.15, 0.2) is 0 Å². The maximum atomic E-state index is 12.7. The van der Waals surface area contributed by atoms with Crippen molar-refractivity contribution in [2.24, 2.45) is 17.6 Å². The molecule has 0 rings (SSSR count). The van der Waals surface area contributed by atoms with Crippen LogP contribution in [0, 0.1) is 11.8 Å². The molecule has 0 bridgehead atoms. The summed E-state index contributed by atoms with van der Waals surface area (Å²) in [7, 11) is 0. The van der Waals surface area contributed by atoms with Crippen molar-refractivity contribution in [1.29, 1.82) is 0 Å². The molecule has 29 heavy (non-hydrogen) atoms. The summed E-state index contributed by atoms with van der Waals surface area (Å²) in [5.74, 6) is -4.02. The molecule has 5 unspecified atom stereocenters. The number of hydrogen-bond donors (Lipinski definition) is 7. The third-order valence-corrected chi connectivity index (χ3v) is 4.17. The van der Waals surface area contributed by atoms with Crippen molar-refractivity contribution >= 4 is 23.7 Å². The van der Waals surface area contributed by atoms with Crippen molar-refractivity contribution in [3.63, 3.8) is 0 Å². The van der Waals surface area contributed by atoms with E-state index in [9.17, 15) is 29.4 Å². The molecule has 0 radical (unpaired) electrons. The molecule has 0 spiro atoms. The Kier molecular flexibility index (Phi) is 11.4. The largest absolute Gasteiger partial charge is 0.480 e. The number of carbonyl (C=O) groups is 4. The Hall–Kier alpha value is -2.24. The minimum atomic E-state index is -1.43. The lowest BCUT2D eigenvalue weighted by molar-refractivity contribution is -0.144. The van der Waals surface area contributed by atoms with Crippen LogP contribution in [-0.2, 0) is 19.2 Å². The molecule has 3 amide bonds. The highest BCUT2D eigenvalue weighted by molar-refractivity contribution is 5.94. The lowest BCUT2D eigenvalue weighted by Gasteiger charge is -2.27. The van der Waals surface area contributed by atoms with E-state index < -0.39 is 66.5 Å². The summed E-state index contributed by atoms with van der Waals surface area (Å²) in [6, 6.07) is -4.90. The van der Waals surface area contributed by atoms with Crippen molar-refractivity contribution in [2.45, 2.75) is 71.3 Å². The highest BCUT2D eigenvalue weighted by atomic mass is 16.4. The lowest BCUT2D eigenvalue weighted by Crippen LogP contribution is -2.60. The average Bonchev–Trinajstić information content (AvgIpc) is 2.60. The molecule has 0 saturated carbocycles. The normalized spacial score (nSPS) is 16.5. The van der Waals surface area contributed by atoms with Crippen LogP contribution in [0.15, 0.2) is 0 Å². The second kappa shape index (κ2) is 12.3. The van der Waals surface area contributed by atoms with Gasteiger partial charge in [0.05, 0.1) is 12.7 Å². The number of nitrogens with one attached hydrogen (secondary N) is 3. The van der Waals surface area contributed by atoms with Crippen LogP contribution in [0.3, 0.4) is 0 Å². The summed E-state index contributed by atoms with van der Waals surface area (Å²) in [6.07, 6.45) is -1.11. The predicted molar refractivity (Wildman–Crippen MR) is 104 cm³/mol. The molecule has 0 fully saturated rings. The molecule has 0 aromatic heterocycles. The SMILES string of the molecule is CC(C)CC(NC(=O)C(N)CO)C(=O)NC(C(=O)NC(C(=O)O)C(C)C)C(C)O. The second-order valence-electron chi connectivity index (χ2n) is 7.78. The number of aliphatic hydroxyl groups excluding tert-OH is 2. The zero-order valence-corrected chi connectivity index (χ0v) is 17.5. The Labute approximate surface area is 170 Å². The molecule has 11 nitrogen and oxygen atoms in total. The van der Waals surface area contributed by atoms with E-state index in [4.69, 9.17) is 10.8 Å². The zero-order valence-electron chi connectivity index (χ0n) is 17.5. The first-order valence-corrected chi connectivity index (χ1v) is 9.50. The molecule has 0 aromatic rings. The summed E-state index contributed by atoms with van der Waals surface area (Å²) in [5.41, 5.74) is 5.45. The van der Waals surface area contributed by atoms with Gasteiger partial charge in [0.2, 0.25) is 17.7 Å². The second-order valence-corrected chi connectivity index (χ2v) is 7.78. The molecule has 0 aliphatic heterocycles. The summed E-state index contributed by atoms with van der Waals surface area (Å²) in [4.78, 5) is 48.4. The Balaban J connectivity index is 5.38. The van der Waals surface area contributed by atoms with Crippen molar-refractivity contribution in [3.8, 4) is 0 Å². The predicted octanol–water partition coefficient (Wildman–Crippen LogP) is -2.07. The van der Waals surface area contributed by atoms with Gasteiger partial charge in [-0.2, -0.15) is 0 Å². The van der Waals surface area contributed by atoms with E-state index in [0.29, 0.717) is 0 Å². The van der Waals surface area contributed by atoms with Crippen LogP contribution in [-0.4, -0.2) is 75.9 Å². The molecule has 8 N–H and O–H groups in total. The van der Waals surface area contributed by atoms with Crippen LogP contribution >= 0.6 is 0 Å². The van der Waals surface area contributed by atoms with Gasteiger partial charge in [-0.15, -0.1) is 0 Å². The van der Waals surface area contributed by atoms with Crippen LogP contribution in [0.25, 0.3) is 0 Å². The fourth-order valence-electron chi connectivity index (χ4n) is 2.48. The number of carboxylic acids is 1. The van der Waals surface area contributed by atoms with Gasteiger partial charge in [-0.1, -0.05) is 27.7 Å². The molecule has 0 saturated heterocycles. The highest BCUT2D eigenvalue weighted by Crippen LogP contribution is 2.08. The van der Waals surface area contributed by atoms with Crippen LogP contribution < -0.4 is 21.7 Å². The van der Waals surface area contributed by atoms with E-state index in [-0.39, 0.29) is 12.3 Å². The lowest BCUT2D eigenvalue weighted by atomic mass is 10.0. The Bertz CT molecular complexity index is 581. The van der Waals surface area contributed by atoms with E-state index in [1.807, 2.05) is 13.8 Å². The number of hydrogen-bond acceptors (Lipinski definition) is 7. The Morgan fingerprint density at radius 1 is 0.862 bits per heavy atom. The van der Waals surface area contributed by atoms with Gasteiger partial charge in [-0.05, 0) is 25.2 Å². The first-order valence-electron chi connectivity index (χ1n) is 9.50. The van der Waals surface area contributed by atoms with Gasteiger partial charge in [0.25, 0.3) is 0 Å². The van der Waals surface area contributed by atoms with Crippen molar-refractivity contribution < 1.29 is 34.5 Å². The third-order valence-electron chi connectivity index (χ3n) is 4.17. The van der Waals surface area contributed by atoms with Gasteiger partial charge in [0.1, 0.15) is 24.2 Å². The first-order chi connectivity index (χ1) is 13.3. The Morgan fingerprint density at radius 3 is 1.76 bits per heavy atom. The van der Waals surface area contributed by atoms with Crippen LogP contribution in [0.2, 0.25) is 0 Å². The van der Waals surface area contributed by atoms with Gasteiger partial charge in [-0.3, -0.25) is 14.4 Å². The van der Waals surface area contributed by atoms with Gasteiger partial charge < -0.3 is 37.0 Å². The summed E-state index contributed by atoms with van der Waals surface area (Å²) in [5, 5.41) is 35.2. The van der Waals surface area contributed by atoms with E-state index in [1.54, 1.807) is 13.8 Å². The zero-order chi connectivity index (χ0) is 22.9. The maximum absolute atomic E-state index is 12.7. The van der Waals surface area contributed by atoms with Gasteiger partial charge >= 0.3 is 5.97 Å². The number of carboxylic acid groups (broad SMARTS) is 1. The number of aliphatic carboxylic acids is 1. The molecule has 0 aliphatic rings. The van der Waals surface area contributed by atoms with E-state index in [2.05, 4.69) is 16.0 Å². The van der Waals surface area contributed by atoms with Crippen molar-refractivity contribution in [1.82, 2.24) is 16.0 Å². The van der Waals surface area contributed by atoms with Crippen LogP contribution in [0.4, 0.5) is 0 Å². The van der Waals surface area contributed by atoms with Crippen molar-refractivity contribution in [3.05, 3.63) is 0 Å². The summed E-state index contributed by atoms with van der Waals surface area (Å²) >= 11 is 0. The smallest absolute Gasteiger partial charge is 0.326 e. The van der Waals surface area contributed by atoms with E-state index in [0.717, 1.165) is 0 Å². The Morgan fingerprint density at radius 2 is 1.38 bits per heavy atom. The number of amides is 3. The fraction of sp³-hybridized carbons (Fsp3) is 0.778. The molecular weight excluding hydrogens is 384 g/mol. The van der Waals surface area contributed by atoms with Crippen LogP contribution in [0.1, 0.15) is 41.0 Å². The van der Waals surface area contributed by atoms with Gasteiger partial charge in [-0.25, -0.2) is 4.79 Å². The molecule has 0 aromatic carbocycles. The quantitative estimate of drug-likeness (QED) is 0.188. The summed E-state index contributed by atoms with van der Waals surface area (Å²) < 4.78 is 0. The fourth-order valence-corrected chi connectivity index (χ4v) is 2.48. The minimum absolute atomic E-state index is 0.00689. The maximum Gasteiger partial charge on any atom is 0.326 e. The monoisotopic (exact) mass is 418 g/mol. The minimum Gasteiger partial charge on any atom is -0.480 e. The molecule has 168 valence electrons. The number of carbonyl (C=O) groups excluding carboxylic acids is 3. The van der Waals surface area contributed by atoms with Crippen molar-refractivity contribution in [2.75, 3.05) is 6.61 Å². The molecule has 0 aliphatic carbocycles. The standard InChI is InChI=1S/C18H34N4O7/c1-8(2)6-12(20-15(25)11(19)7-23)16(26)22-14(10(5)24)17(27)21-13(9(3)4)18(28)29/h8-14,23-24H,6-7,19H2,1-5H3,(H,20,25)(H,21,27)(H,22,26)(H,28,29).